The first kappa shape index (κ1) is 15.7. The molecule has 19 heavy (non-hydrogen) atoms. The molecule has 0 radical (unpaired) electrons. The number of hydrogen-bond acceptors (Lipinski definition) is 3. The molecule has 3 N–H and O–H groups in total. The van der Waals surface area contributed by atoms with Gasteiger partial charge in [-0.1, -0.05) is 44.2 Å². The molecule has 0 heterocycles. The van der Waals surface area contributed by atoms with Gasteiger partial charge in [0.1, 0.15) is 0 Å². The van der Waals surface area contributed by atoms with Crippen molar-refractivity contribution in [1.29, 1.82) is 0 Å². The molecule has 0 aliphatic rings. The lowest BCUT2D eigenvalue weighted by atomic mass is 10.1. The predicted octanol–water partition coefficient (Wildman–Crippen LogP) is 1.61. The Morgan fingerprint density at radius 2 is 1.84 bits per heavy atom. The van der Waals surface area contributed by atoms with Crippen molar-refractivity contribution in [3.8, 4) is 0 Å². The molecule has 1 aromatic rings. The monoisotopic (exact) mass is 264 g/mol. The van der Waals surface area contributed by atoms with E-state index < -0.39 is 6.10 Å². The maximum atomic E-state index is 11.6. The number of carbonyl (C=O) groups excluding carboxylic acids is 1. The minimum Gasteiger partial charge on any atom is -0.387 e. The Hall–Kier alpha value is -1.39. The minimum atomic E-state index is -0.581. The standard InChI is InChI=1S/C15H24N2O2/c1-3-13(4-2)17-15(19)11-16-10-14(18)12-8-6-5-7-9-12/h5-9,13-14,16,18H,3-4,10-11H2,1-2H3,(H,17,19). The normalized spacial score (nSPS) is 12.4. The number of aliphatic hydroxyl groups is 1. The van der Waals surface area contributed by atoms with E-state index in [1.54, 1.807) is 0 Å². The van der Waals surface area contributed by atoms with Crippen molar-refractivity contribution < 1.29 is 9.90 Å². The number of benzene rings is 1. The zero-order valence-corrected chi connectivity index (χ0v) is 11.7. The fraction of sp³-hybridized carbons (Fsp3) is 0.533. The van der Waals surface area contributed by atoms with Gasteiger partial charge in [0.15, 0.2) is 0 Å². The molecule has 106 valence electrons. The molecule has 0 saturated heterocycles. The second kappa shape index (κ2) is 8.67. The summed E-state index contributed by atoms with van der Waals surface area (Å²) in [7, 11) is 0. The number of amides is 1. The topological polar surface area (TPSA) is 61.4 Å². The van der Waals surface area contributed by atoms with Crippen LogP contribution in [-0.4, -0.2) is 30.1 Å². The van der Waals surface area contributed by atoms with Gasteiger partial charge in [-0.3, -0.25) is 4.79 Å². The Bertz CT molecular complexity index is 364. The van der Waals surface area contributed by atoms with Gasteiger partial charge in [0.2, 0.25) is 5.91 Å². The summed E-state index contributed by atoms with van der Waals surface area (Å²) in [6.45, 7) is 4.73. The summed E-state index contributed by atoms with van der Waals surface area (Å²) in [5, 5.41) is 15.8. The first-order chi connectivity index (χ1) is 9.17. The third-order valence-corrected chi connectivity index (χ3v) is 3.16. The molecule has 4 nitrogen and oxygen atoms in total. The van der Waals surface area contributed by atoms with E-state index in [2.05, 4.69) is 24.5 Å². The smallest absolute Gasteiger partial charge is 0.234 e. The van der Waals surface area contributed by atoms with E-state index in [0.717, 1.165) is 18.4 Å². The highest BCUT2D eigenvalue weighted by Gasteiger charge is 2.10. The average Bonchev–Trinajstić information content (AvgIpc) is 2.45. The van der Waals surface area contributed by atoms with E-state index in [1.807, 2.05) is 30.3 Å². The molecule has 0 spiro atoms. The molecule has 0 fully saturated rings. The second-order valence-corrected chi connectivity index (χ2v) is 4.64. The van der Waals surface area contributed by atoms with Crippen molar-refractivity contribution in [1.82, 2.24) is 10.6 Å². The van der Waals surface area contributed by atoms with Crippen LogP contribution in [0.1, 0.15) is 38.4 Å². The lowest BCUT2D eigenvalue weighted by Crippen LogP contribution is -2.40. The fourth-order valence-electron chi connectivity index (χ4n) is 1.89. The largest absolute Gasteiger partial charge is 0.387 e. The molecule has 1 atom stereocenters. The Morgan fingerprint density at radius 3 is 2.42 bits per heavy atom. The molecule has 1 unspecified atom stereocenters. The van der Waals surface area contributed by atoms with Crippen LogP contribution in [-0.2, 0) is 4.79 Å². The van der Waals surface area contributed by atoms with Gasteiger partial charge in [0.05, 0.1) is 12.6 Å². The van der Waals surface area contributed by atoms with Crippen molar-refractivity contribution in [2.24, 2.45) is 0 Å². The SMILES string of the molecule is CCC(CC)NC(=O)CNCC(O)c1ccccc1. The van der Waals surface area contributed by atoms with Gasteiger partial charge >= 0.3 is 0 Å². The van der Waals surface area contributed by atoms with E-state index in [1.165, 1.54) is 0 Å². The molecule has 1 rings (SSSR count). The van der Waals surface area contributed by atoms with Crippen LogP contribution in [0.2, 0.25) is 0 Å². The summed E-state index contributed by atoms with van der Waals surface area (Å²) >= 11 is 0. The molecule has 0 bridgehead atoms. The lowest BCUT2D eigenvalue weighted by Gasteiger charge is -2.16. The highest BCUT2D eigenvalue weighted by atomic mass is 16.3. The van der Waals surface area contributed by atoms with Gasteiger partial charge in [-0.15, -0.1) is 0 Å². The Kier molecular flexibility index (Phi) is 7.15. The van der Waals surface area contributed by atoms with Crippen LogP contribution >= 0.6 is 0 Å². The van der Waals surface area contributed by atoms with E-state index in [-0.39, 0.29) is 18.5 Å². The van der Waals surface area contributed by atoms with Crippen LogP contribution in [0.5, 0.6) is 0 Å². The van der Waals surface area contributed by atoms with Crippen molar-refractivity contribution in [3.05, 3.63) is 35.9 Å². The maximum Gasteiger partial charge on any atom is 0.234 e. The van der Waals surface area contributed by atoms with E-state index >= 15 is 0 Å². The molecule has 1 aromatic carbocycles. The van der Waals surface area contributed by atoms with Crippen molar-refractivity contribution in [2.75, 3.05) is 13.1 Å². The number of carbonyl (C=O) groups is 1. The fourth-order valence-corrected chi connectivity index (χ4v) is 1.89. The summed E-state index contributed by atoms with van der Waals surface area (Å²) in [5.74, 6) is -0.0195. The van der Waals surface area contributed by atoms with Gasteiger partial charge in [0, 0.05) is 12.6 Å². The van der Waals surface area contributed by atoms with Crippen LogP contribution in [0.4, 0.5) is 0 Å². The van der Waals surface area contributed by atoms with Gasteiger partial charge in [-0.2, -0.15) is 0 Å². The maximum absolute atomic E-state index is 11.6. The Morgan fingerprint density at radius 1 is 1.21 bits per heavy atom. The summed E-state index contributed by atoms with van der Waals surface area (Å²) in [6, 6.07) is 9.67. The Labute approximate surface area is 115 Å². The van der Waals surface area contributed by atoms with Crippen LogP contribution in [0.25, 0.3) is 0 Å². The Balaban J connectivity index is 2.25. The molecule has 1 amide bonds. The van der Waals surface area contributed by atoms with Crippen molar-refractivity contribution >= 4 is 5.91 Å². The van der Waals surface area contributed by atoms with Crippen LogP contribution < -0.4 is 10.6 Å². The average molecular weight is 264 g/mol. The van der Waals surface area contributed by atoms with E-state index in [9.17, 15) is 9.90 Å². The predicted molar refractivity (Wildman–Crippen MR) is 76.8 cm³/mol. The number of hydrogen-bond donors (Lipinski definition) is 3. The summed E-state index contributed by atoms with van der Waals surface area (Å²) in [6.07, 6.45) is 1.30. The van der Waals surface area contributed by atoms with Crippen molar-refractivity contribution in [2.45, 2.75) is 38.8 Å². The lowest BCUT2D eigenvalue weighted by molar-refractivity contribution is -0.121. The van der Waals surface area contributed by atoms with Crippen molar-refractivity contribution in [3.63, 3.8) is 0 Å². The van der Waals surface area contributed by atoms with Gasteiger partial charge in [-0.05, 0) is 18.4 Å². The zero-order chi connectivity index (χ0) is 14.1. The number of aliphatic hydroxyl groups excluding tert-OH is 1. The molecule has 4 heteroatoms. The first-order valence-electron chi connectivity index (χ1n) is 6.90. The van der Waals surface area contributed by atoms with E-state index in [4.69, 9.17) is 0 Å². The molecule has 0 saturated carbocycles. The minimum absolute atomic E-state index is 0.0195. The molecular weight excluding hydrogens is 240 g/mol. The quantitative estimate of drug-likeness (QED) is 0.668. The second-order valence-electron chi connectivity index (χ2n) is 4.64. The van der Waals surface area contributed by atoms with Gasteiger partial charge in [0.25, 0.3) is 0 Å². The third kappa shape index (κ3) is 5.85. The van der Waals surface area contributed by atoms with Gasteiger partial charge < -0.3 is 15.7 Å². The molecule has 0 aliphatic carbocycles. The van der Waals surface area contributed by atoms with E-state index in [0.29, 0.717) is 6.54 Å². The van der Waals surface area contributed by atoms with Crippen LogP contribution in [0.3, 0.4) is 0 Å². The summed E-state index contributed by atoms with van der Waals surface area (Å²) in [4.78, 5) is 11.6. The van der Waals surface area contributed by atoms with Gasteiger partial charge in [-0.25, -0.2) is 0 Å². The first-order valence-corrected chi connectivity index (χ1v) is 6.90. The summed E-state index contributed by atoms with van der Waals surface area (Å²) in [5.41, 5.74) is 0.857. The number of nitrogens with one attached hydrogen (secondary N) is 2. The highest BCUT2D eigenvalue weighted by molar-refractivity contribution is 5.78. The van der Waals surface area contributed by atoms with Crippen LogP contribution in [0.15, 0.2) is 30.3 Å². The van der Waals surface area contributed by atoms with Crippen LogP contribution in [0, 0.1) is 0 Å². The molecular formula is C15H24N2O2. The number of rotatable bonds is 8. The highest BCUT2D eigenvalue weighted by Crippen LogP contribution is 2.10. The molecule has 0 aromatic heterocycles. The zero-order valence-electron chi connectivity index (χ0n) is 11.7. The third-order valence-electron chi connectivity index (χ3n) is 3.16. The molecule has 0 aliphatic heterocycles. The summed E-state index contributed by atoms with van der Waals surface area (Å²) < 4.78 is 0.